The number of nitrogens with zero attached hydrogens (tertiary/aromatic N) is 6. The molecule has 2 saturated heterocycles. The molecule has 0 spiro atoms. The van der Waals surface area contributed by atoms with Gasteiger partial charge in [-0.2, -0.15) is 5.10 Å². The van der Waals surface area contributed by atoms with Crippen molar-refractivity contribution in [2.75, 3.05) is 36.5 Å². The molecule has 0 saturated carbocycles. The molecule has 0 bridgehead atoms. The first-order valence-corrected chi connectivity index (χ1v) is 11.0. The Morgan fingerprint density at radius 1 is 1.21 bits per heavy atom. The van der Waals surface area contributed by atoms with E-state index >= 15 is 0 Å². The molecule has 2 aliphatic rings. The van der Waals surface area contributed by atoms with Crippen molar-refractivity contribution in [3.8, 4) is 11.5 Å². The molecule has 0 radical (unpaired) electrons. The third kappa shape index (κ3) is 3.51. The third-order valence-corrected chi connectivity index (χ3v) is 6.20. The van der Waals surface area contributed by atoms with Gasteiger partial charge in [-0.3, -0.25) is 14.4 Å². The summed E-state index contributed by atoms with van der Waals surface area (Å²) in [5.74, 6) is 1.57. The first kappa shape index (κ1) is 20.2. The fourth-order valence-electron chi connectivity index (χ4n) is 4.42. The van der Waals surface area contributed by atoms with Crippen molar-refractivity contribution in [3.63, 3.8) is 0 Å². The maximum Gasteiger partial charge on any atom is 0.410 e. The van der Waals surface area contributed by atoms with Gasteiger partial charge in [-0.15, -0.1) is 0 Å². The third-order valence-electron chi connectivity index (χ3n) is 6.20. The number of carbonyl (C=O) groups excluding carboxylic acids is 2. The number of H-pyrrole nitrogens is 1. The molecule has 172 valence electrons. The molecule has 2 aliphatic heterocycles. The summed E-state index contributed by atoms with van der Waals surface area (Å²) in [5.41, 5.74) is 2.99. The lowest BCUT2D eigenvalue weighted by molar-refractivity contribution is 0.102. The quantitative estimate of drug-likeness (QED) is 0.481. The molecule has 4 aromatic rings. The summed E-state index contributed by atoms with van der Waals surface area (Å²) in [6.45, 7) is 2.32. The maximum absolute atomic E-state index is 12.8. The molecule has 5 heterocycles. The molecule has 2 amide bonds. The van der Waals surface area contributed by atoms with E-state index in [-0.39, 0.29) is 18.0 Å². The number of anilines is 2. The Labute approximate surface area is 194 Å². The molecule has 6 rings (SSSR count). The largest absolute Gasteiger partial charge is 0.447 e. The average molecular weight is 458 g/mol. The van der Waals surface area contributed by atoms with Crippen molar-refractivity contribution in [1.82, 2.24) is 29.6 Å². The highest BCUT2D eigenvalue weighted by atomic mass is 16.6. The van der Waals surface area contributed by atoms with E-state index in [0.717, 1.165) is 22.5 Å². The smallest absolute Gasteiger partial charge is 0.410 e. The number of hydrogen-bond donors (Lipinski definition) is 2. The number of piperazine rings is 1. The molecule has 34 heavy (non-hydrogen) atoms. The van der Waals surface area contributed by atoms with Crippen LogP contribution >= 0.6 is 0 Å². The standard InChI is InChI=1S/C23H22N8O3/c1-29-18(21-25-16-4-2-3-5-17(16)26-21)10-19(28-29)27-22(32)14-6-7-20(24-11-14)30-8-9-31-15(12-30)13-34-23(31)33/h2-7,10-11,15H,8-9,12-13H2,1H3,(H,25,26)(H,27,28,32). The number of pyridine rings is 1. The second kappa shape index (κ2) is 7.87. The zero-order valence-corrected chi connectivity index (χ0v) is 18.4. The van der Waals surface area contributed by atoms with Crippen LogP contribution in [-0.4, -0.2) is 73.9 Å². The number of benzene rings is 1. The zero-order chi connectivity index (χ0) is 23.2. The number of imidazole rings is 1. The number of fused-ring (bicyclic) bond motifs is 2. The van der Waals surface area contributed by atoms with Crippen LogP contribution in [0.4, 0.5) is 16.4 Å². The molecule has 11 nitrogen and oxygen atoms in total. The predicted molar refractivity (Wildman–Crippen MR) is 125 cm³/mol. The summed E-state index contributed by atoms with van der Waals surface area (Å²) in [6.07, 6.45) is 1.30. The van der Waals surface area contributed by atoms with Gasteiger partial charge in [-0.1, -0.05) is 12.1 Å². The minimum atomic E-state index is -0.298. The molecule has 1 unspecified atom stereocenters. The van der Waals surface area contributed by atoms with Crippen molar-refractivity contribution in [3.05, 3.63) is 54.2 Å². The van der Waals surface area contributed by atoms with E-state index in [2.05, 4.69) is 30.3 Å². The second-order valence-corrected chi connectivity index (χ2v) is 8.37. The Morgan fingerprint density at radius 2 is 2.09 bits per heavy atom. The Bertz CT molecular complexity index is 1360. The number of ether oxygens (including phenoxy) is 1. The lowest BCUT2D eigenvalue weighted by Gasteiger charge is -2.36. The summed E-state index contributed by atoms with van der Waals surface area (Å²) in [7, 11) is 1.80. The number of carbonyl (C=O) groups is 2. The summed E-state index contributed by atoms with van der Waals surface area (Å²) < 4.78 is 6.79. The highest BCUT2D eigenvalue weighted by Crippen LogP contribution is 2.24. The number of cyclic esters (lactones) is 1. The monoisotopic (exact) mass is 458 g/mol. The van der Waals surface area contributed by atoms with Crippen LogP contribution in [-0.2, 0) is 11.8 Å². The van der Waals surface area contributed by atoms with Crippen molar-refractivity contribution >= 4 is 34.7 Å². The van der Waals surface area contributed by atoms with E-state index < -0.39 is 0 Å². The number of nitrogens with one attached hydrogen (secondary N) is 2. The SMILES string of the molecule is Cn1nc(NC(=O)c2ccc(N3CCN4C(=O)OCC4C3)nc2)cc1-c1nc2ccccc2[nH]1. The van der Waals surface area contributed by atoms with Crippen molar-refractivity contribution in [1.29, 1.82) is 0 Å². The first-order chi connectivity index (χ1) is 16.5. The minimum absolute atomic E-state index is 0.0381. The van der Waals surface area contributed by atoms with Crippen molar-refractivity contribution < 1.29 is 14.3 Å². The Hall–Kier alpha value is -4.41. The van der Waals surface area contributed by atoms with Gasteiger partial charge in [-0.25, -0.2) is 14.8 Å². The number of hydrogen-bond acceptors (Lipinski definition) is 7. The molecule has 2 fully saturated rings. The first-order valence-electron chi connectivity index (χ1n) is 11.0. The molecule has 2 N–H and O–H groups in total. The summed E-state index contributed by atoms with van der Waals surface area (Å²) in [5, 5.41) is 7.23. The van der Waals surface area contributed by atoms with Gasteiger partial charge in [0, 0.05) is 38.9 Å². The van der Waals surface area contributed by atoms with Gasteiger partial charge in [0.25, 0.3) is 5.91 Å². The number of aromatic amines is 1. The molecular weight excluding hydrogens is 436 g/mol. The predicted octanol–water partition coefficient (Wildman–Crippen LogP) is 2.25. The van der Waals surface area contributed by atoms with Gasteiger partial charge in [0.05, 0.1) is 22.6 Å². The average Bonchev–Trinajstić information content (AvgIpc) is 3.55. The topological polar surface area (TPSA) is 121 Å². The van der Waals surface area contributed by atoms with Crippen LogP contribution in [0.5, 0.6) is 0 Å². The number of rotatable bonds is 4. The highest BCUT2D eigenvalue weighted by Gasteiger charge is 2.37. The minimum Gasteiger partial charge on any atom is -0.447 e. The molecule has 1 atom stereocenters. The number of aromatic nitrogens is 5. The molecule has 0 aliphatic carbocycles. The van der Waals surface area contributed by atoms with Crippen molar-refractivity contribution in [2.24, 2.45) is 7.05 Å². The Balaban J connectivity index is 1.14. The Morgan fingerprint density at radius 3 is 2.91 bits per heavy atom. The number of amides is 2. The van der Waals surface area contributed by atoms with E-state index in [9.17, 15) is 9.59 Å². The van der Waals surface area contributed by atoms with Crippen LogP contribution < -0.4 is 10.2 Å². The highest BCUT2D eigenvalue weighted by molar-refractivity contribution is 6.03. The van der Waals surface area contributed by atoms with Gasteiger partial charge in [0.2, 0.25) is 0 Å². The van der Waals surface area contributed by atoms with E-state index in [1.165, 1.54) is 0 Å². The van der Waals surface area contributed by atoms with Crippen molar-refractivity contribution in [2.45, 2.75) is 6.04 Å². The van der Waals surface area contributed by atoms with Gasteiger partial charge >= 0.3 is 6.09 Å². The normalized spacial score (nSPS) is 17.7. The number of aryl methyl sites for hydroxylation is 1. The van der Waals surface area contributed by atoms with Crippen LogP contribution in [0, 0.1) is 0 Å². The zero-order valence-electron chi connectivity index (χ0n) is 18.4. The summed E-state index contributed by atoms with van der Waals surface area (Å²) in [6, 6.07) is 13.2. The summed E-state index contributed by atoms with van der Waals surface area (Å²) in [4.78, 5) is 40.7. The van der Waals surface area contributed by atoms with E-state index in [1.54, 1.807) is 35.0 Å². The fraction of sp³-hybridized carbons (Fsp3) is 0.261. The lowest BCUT2D eigenvalue weighted by Crippen LogP contribution is -2.52. The van der Waals surface area contributed by atoms with E-state index in [0.29, 0.717) is 43.4 Å². The van der Waals surface area contributed by atoms with Gasteiger partial charge in [0.15, 0.2) is 11.6 Å². The Kier molecular flexibility index (Phi) is 4.68. The van der Waals surface area contributed by atoms with Gasteiger partial charge < -0.3 is 19.9 Å². The van der Waals surface area contributed by atoms with Crippen LogP contribution in [0.3, 0.4) is 0 Å². The second-order valence-electron chi connectivity index (χ2n) is 8.37. The molecule has 3 aromatic heterocycles. The number of para-hydroxylation sites is 2. The van der Waals surface area contributed by atoms with Crippen LogP contribution in [0.25, 0.3) is 22.6 Å². The van der Waals surface area contributed by atoms with E-state index in [1.807, 2.05) is 30.3 Å². The lowest BCUT2D eigenvalue weighted by atomic mass is 10.2. The molecular formula is C23H22N8O3. The van der Waals surface area contributed by atoms with Crippen LogP contribution in [0.1, 0.15) is 10.4 Å². The van der Waals surface area contributed by atoms with Crippen LogP contribution in [0.2, 0.25) is 0 Å². The maximum atomic E-state index is 12.8. The summed E-state index contributed by atoms with van der Waals surface area (Å²) >= 11 is 0. The molecule has 11 heteroatoms. The van der Waals surface area contributed by atoms with E-state index in [4.69, 9.17) is 4.74 Å². The van der Waals surface area contributed by atoms with Gasteiger partial charge in [0.1, 0.15) is 18.1 Å². The fourth-order valence-corrected chi connectivity index (χ4v) is 4.42. The van der Waals surface area contributed by atoms with Crippen LogP contribution in [0.15, 0.2) is 48.7 Å². The van der Waals surface area contributed by atoms with Gasteiger partial charge in [-0.05, 0) is 24.3 Å². The molecule has 1 aromatic carbocycles.